The van der Waals surface area contributed by atoms with Crippen LogP contribution in [0.25, 0.3) is 0 Å². The molecular formula is C10H10ClN5O2. The highest BCUT2D eigenvalue weighted by Crippen LogP contribution is 2.16. The Hall–Kier alpha value is -2.12. The molecule has 0 unspecified atom stereocenters. The number of aliphatic hydroxyl groups excluding tert-OH is 1. The molecule has 0 spiro atoms. The van der Waals surface area contributed by atoms with Crippen LogP contribution in [0.4, 0.5) is 11.5 Å². The van der Waals surface area contributed by atoms with Gasteiger partial charge in [0.1, 0.15) is 6.73 Å². The number of aliphatic hydroxyl groups is 1. The largest absolute Gasteiger partial charge is 0.379 e. The monoisotopic (exact) mass is 267 g/mol. The van der Waals surface area contributed by atoms with Crippen LogP contribution in [0.15, 0.2) is 33.9 Å². The van der Waals surface area contributed by atoms with Gasteiger partial charge in [0, 0.05) is 10.7 Å². The molecule has 0 bridgehead atoms. The van der Waals surface area contributed by atoms with Crippen molar-refractivity contribution in [3.05, 3.63) is 35.0 Å². The van der Waals surface area contributed by atoms with E-state index in [1.807, 2.05) is 0 Å². The van der Waals surface area contributed by atoms with Crippen LogP contribution in [0.1, 0.15) is 5.69 Å². The third kappa shape index (κ3) is 2.76. The predicted molar refractivity (Wildman–Crippen MR) is 67.4 cm³/mol. The first-order valence-corrected chi connectivity index (χ1v) is 5.35. The van der Waals surface area contributed by atoms with Crippen molar-refractivity contribution in [1.29, 1.82) is 0 Å². The summed E-state index contributed by atoms with van der Waals surface area (Å²) in [4.78, 5) is 3.83. The van der Waals surface area contributed by atoms with Crippen molar-refractivity contribution in [2.75, 3.05) is 17.8 Å². The molecule has 2 rings (SSSR count). The summed E-state index contributed by atoms with van der Waals surface area (Å²) in [6, 6.07) is 6.98. The van der Waals surface area contributed by atoms with Crippen LogP contribution in [0.2, 0.25) is 5.02 Å². The maximum absolute atomic E-state index is 8.89. The number of nitrogen functional groups attached to an aromatic ring is 1. The number of nitrogens with one attached hydrogen (secondary N) is 1. The van der Waals surface area contributed by atoms with Gasteiger partial charge < -0.3 is 16.2 Å². The molecule has 0 fully saturated rings. The van der Waals surface area contributed by atoms with Crippen molar-refractivity contribution in [3.63, 3.8) is 0 Å². The number of nitrogens with two attached hydrogens (primary N) is 1. The lowest BCUT2D eigenvalue weighted by Gasteiger charge is -2.07. The van der Waals surface area contributed by atoms with Crippen LogP contribution in [-0.2, 0) is 0 Å². The van der Waals surface area contributed by atoms with Gasteiger partial charge >= 0.3 is 0 Å². The molecule has 0 aliphatic carbocycles. The lowest BCUT2D eigenvalue weighted by molar-refractivity contribution is 0.305. The topological polar surface area (TPSA) is 110 Å². The molecule has 94 valence electrons. The number of aliphatic imine (C=N–C) groups is 1. The maximum atomic E-state index is 8.89. The van der Waals surface area contributed by atoms with Gasteiger partial charge in [-0.15, -0.1) is 0 Å². The highest BCUT2D eigenvalue weighted by atomic mass is 35.5. The fourth-order valence-electron chi connectivity index (χ4n) is 1.31. The van der Waals surface area contributed by atoms with E-state index in [2.05, 4.69) is 25.3 Å². The molecule has 0 saturated heterocycles. The number of aromatic nitrogens is 2. The normalized spacial score (nSPS) is 11.6. The quantitative estimate of drug-likeness (QED) is 0.568. The van der Waals surface area contributed by atoms with Crippen molar-refractivity contribution < 1.29 is 9.74 Å². The third-order valence-electron chi connectivity index (χ3n) is 2.05. The van der Waals surface area contributed by atoms with Crippen LogP contribution in [0, 0.1) is 0 Å². The molecule has 7 nitrogen and oxygen atoms in total. The number of nitrogens with zero attached hydrogens (tertiary/aromatic N) is 3. The Balaban J connectivity index is 2.28. The first kappa shape index (κ1) is 12.3. The molecule has 0 aliphatic rings. The summed E-state index contributed by atoms with van der Waals surface area (Å²) in [7, 11) is 0. The fourth-order valence-corrected chi connectivity index (χ4v) is 1.50. The number of hydrogen-bond donors (Lipinski definition) is 3. The van der Waals surface area contributed by atoms with Gasteiger partial charge in [-0.05, 0) is 28.5 Å². The lowest BCUT2D eigenvalue weighted by atomic mass is 10.3. The van der Waals surface area contributed by atoms with Gasteiger partial charge in [0.25, 0.3) is 0 Å². The summed E-state index contributed by atoms with van der Waals surface area (Å²) < 4.78 is 4.48. The highest BCUT2D eigenvalue weighted by Gasteiger charge is 2.14. The standard InChI is InChI=1S/C10H10ClN5O2/c11-6-2-1-3-7(4-6)14-10(13-5-17)8-9(12)16-18-15-8/h1-4,17H,5H2,(H2,12,16)(H,13,14). The fraction of sp³-hybridized carbons (Fsp3) is 0.100. The zero-order chi connectivity index (χ0) is 13.0. The van der Waals surface area contributed by atoms with Crippen LogP contribution in [0.3, 0.4) is 0 Å². The molecule has 0 atom stereocenters. The van der Waals surface area contributed by atoms with Gasteiger partial charge in [0.05, 0.1) is 0 Å². The predicted octanol–water partition coefficient (Wildman–Crippen LogP) is 1.11. The zero-order valence-corrected chi connectivity index (χ0v) is 9.92. The third-order valence-corrected chi connectivity index (χ3v) is 2.29. The average molecular weight is 268 g/mol. The molecule has 2 aromatic rings. The van der Waals surface area contributed by atoms with E-state index in [0.717, 1.165) is 0 Å². The summed E-state index contributed by atoms with van der Waals surface area (Å²) >= 11 is 5.86. The first-order valence-electron chi connectivity index (χ1n) is 4.97. The van der Waals surface area contributed by atoms with Gasteiger partial charge in [-0.1, -0.05) is 17.7 Å². The SMILES string of the molecule is Nc1nonc1C(=NCO)Nc1cccc(Cl)c1. The summed E-state index contributed by atoms with van der Waals surface area (Å²) in [6.45, 7) is -0.421. The highest BCUT2D eigenvalue weighted by molar-refractivity contribution is 6.31. The van der Waals surface area contributed by atoms with Gasteiger partial charge in [-0.3, -0.25) is 0 Å². The number of amidine groups is 1. The maximum Gasteiger partial charge on any atom is 0.199 e. The van der Waals surface area contributed by atoms with Gasteiger partial charge in [0.15, 0.2) is 17.3 Å². The molecule has 4 N–H and O–H groups in total. The molecule has 0 amide bonds. The molecule has 0 saturated carbocycles. The molecule has 0 radical (unpaired) electrons. The molecular weight excluding hydrogens is 258 g/mol. The van der Waals surface area contributed by atoms with E-state index in [-0.39, 0.29) is 17.3 Å². The van der Waals surface area contributed by atoms with E-state index < -0.39 is 6.73 Å². The number of benzene rings is 1. The summed E-state index contributed by atoms with van der Waals surface area (Å²) in [5, 5.41) is 19.4. The van der Waals surface area contributed by atoms with Gasteiger partial charge in [-0.2, -0.15) is 0 Å². The minimum Gasteiger partial charge on any atom is -0.379 e. The van der Waals surface area contributed by atoms with Gasteiger partial charge in [-0.25, -0.2) is 9.62 Å². The van der Waals surface area contributed by atoms with Crippen molar-refractivity contribution in [2.24, 2.45) is 4.99 Å². The van der Waals surface area contributed by atoms with Crippen molar-refractivity contribution >= 4 is 28.9 Å². The summed E-state index contributed by atoms with van der Waals surface area (Å²) in [6.07, 6.45) is 0. The number of anilines is 2. The van der Waals surface area contributed by atoms with Crippen molar-refractivity contribution in [3.8, 4) is 0 Å². The Morgan fingerprint density at radius 1 is 1.50 bits per heavy atom. The van der Waals surface area contributed by atoms with Crippen molar-refractivity contribution in [1.82, 2.24) is 10.3 Å². The van der Waals surface area contributed by atoms with Crippen molar-refractivity contribution in [2.45, 2.75) is 0 Å². The lowest BCUT2D eigenvalue weighted by Crippen LogP contribution is -2.16. The Kier molecular flexibility index (Phi) is 3.75. The second-order valence-electron chi connectivity index (χ2n) is 3.28. The number of hydrogen-bond acceptors (Lipinski definition) is 6. The molecule has 18 heavy (non-hydrogen) atoms. The summed E-state index contributed by atoms with van der Waals surface area (Å²) in [5.41, 5.74) is 6.46. The van der Waals surface area contributed by atoms with Gasteiger partial charge in [0.2, 0.25) is 0 Å². The number of halogens is 1. The molecule has 8 heteroatoms. The Labute approximate surface area is 107 Å². The van der Waals surface area contributed by atoms with E-state index >= 15 is 0 Å². The average Bonchev–Trinajstić information content (AvgIpc) is 2.75. The van der Waals surface area contributed by atoms with E-state index in [1.165, 1.54) is 0 Å². The Morgan fingerprint density at radius 3 is 2.94 bits per heavy atom. The van der Waals surface area contributed by atoms with E-state index in [0.29, 0.717) is 10.7 Å². The Morgan fingerprint density at radius 2 is 2.33 bits per heavy atom. The second-order valence-corrected chi connectivity index (χ2v) is 3.72. The van der Waals surface area contributed by atoms with E-state index in [9.17, 15) is 0 Å². The van der Waals surface area contributed by atoms with Crippen LogP contribution >= 0.6 is 11.6 Å². The molecule has 1 heterocycles. The van der Waals surface area contributed by atoms with Crippen LogP contribution in [0.5, 0.6) is 0 Å². The first-order chi connectivity index (χ1) is 8.70. The molecule has 0 aliphatic heterocycles. The number of rotatable bonds is 3. The van der Waals surface area contributed by atoms with Crippen LogP contribution < -0.4 is 11.1 Å². The summed E-state index contributed by atoms with van der Waals surface area (Å²) in [5.74, 6) is 0.329. The van der Waals surface area contributed by atoms with Crippen LogP contribution in [-0.4, -0.2) is 28.0 Å². The molecule has 1 aromatic carbocycles. The second kappa shape index (κ2) is 5.48. The minimum atomic E-state index is -0.421. The Bertz CT molecular complexity index is 569. The van der Waals surface area contributed by atoms with E-state index in [4.69, 9.17) is 22.4 Å². The minimum absolute atomic E-state index is 0.0803. The van der Waals surface area contributed by atoms with E-state index in [1.54, 1.807) is 24.3 Å². The smallest absolute Gasteiger partial charge is 0.199 e. The zero-order valence-electron chi connectivity index (χ0n) is 9.17. The molecule has 1 aromatic heterocycles.